The van der Waals surface area contributed by atoms with Gasteiger partial charge >= 0.3 is 0 Å². The van der Waals surface area contributed by atoms with Crippen LogP contribution in [-0.4, -0.2) is 4.98 Å². The molecular weight excluding hydrogens is 184 g/mol. The zero-order valence-corrected chi connectivity index (χ0v) is 8.92. The van der Waals surface area contributed by atoms with E-state index < -0.39 is 0 Å². The maximum atomic E-state index is 6.01. The van der Waals surface area contributed by atoms with E-state index in [1.54, 1.807) is 6.20 Å². The van der Waals surface area contributed by atoms with E-state index in [0.717, 1.165) is 12.0 Å². The van der Waals surface area contributed by atoms with Crippen molar-refractivity contribution >= 4 is 12.4 Å². The van der Waals surface area contributed by atoms with Crippen LogP contribution in [0.4, 0.5) is 0 Å². The third kappa shape index (κ3) is 3.33. The van der Waals surface area contributed by atoms with Crippen molar-refractivity contribution in [3.05, 3.63) is 30.1 Å². The van der Waals surface area contributed by atoms with Crippen molar-refractivity contribution in [2.75, 3.05) is 0 Å². The van der Waals surface area contributed by atoms with E-state index in [2.05, 4.69) is 18.8 Å². The first-order valence-corrected chi connectivity index (χ1v) is 4.41. The van der Waals surface area contributed by atoms with Crippen LogP contribution in [0.5, 0.6) is 0 Å². The molecule has 2 nitrogen and oxygen atoms in total. The number of pyridine rings is 1. The summed E-state index contributed by atoms with van der Waals surface area (Å²) >= 11 is 0. The van der Waals surface area contributed by atoms with Gasteiger partial charge in [0.25, 0.3) is 0 Å². The number of nitrogens with zero attached hydrogens (tertiary/aromatic N) is 1. The summed E-state index contributed by atoms with van der Waals surface area (Å²) in [6.07, 6.45) is 4.72. The van der Waals surface area contributed by atoms with Crippen LogP contribution >= 0.6 is 12.4 Å². The van der Waals surface area contributed by atoms with Crippen LogP contribution in [-0.2, 0) is 0 Å². The maximum absolute atomic E-state index is 6.01. The van der Waals surface area contributed by atoms with Crippen molar-refractivity contribution in [1.29, 1.82) is 0 Å². The molecule has 1 aromatic rings. The van der Waals surface area contributed by atoms with Crippen molar-refractivity contribution in [1.82, 2.24) is 4.98 Å². The lowest BCUT2D eigenvalue weighted by Gasteiger charge is -2.17. The molecule has 13 heavy (non-hydrogen) atoms. The number of halogens is 1. The van der Waals surface area contributed by atoms with Gasteiger partial charge in [0.05, 0.1) is 0 Å². The standard InChI is InChI=1S/C10H16N2.ClH/c1-3-8(2)10(11)9-5-4-6-12-7-9;/h4-8,10H,3,11H2,1-2H3;1H/t8?,10-;/m1./s1. The van der Waals surface area contributed by atoms with Gasteiger partial charge in [0.15, 0.2) is 0 Å². The van der Waals surface area contributed by atoms with Gasteiger partial charge < -0.3 is 5.73 Å². The predicted octanol–water partition coefficient (Wildman–Crippen LogP) is 2.55. The van der Waals surface area contributed by atoms with E-state index in [1.807, 2.05) is 18.3 Å². The SMILES string of the molecule is CCC(C)[C@@H](N)c1cccnc1.Cl. The van der Waals surface area contributed by atoms with E-state index in [-0.39, 0.29) is 18.4 Å². The third-order valence-corrected chi connectivity index (χ3v) is 2.33. The largest absolute Gasteiger partial charge is 0.324 e. The highest BCUT2D eigenvalue weighted by Gasteiger charge is 2.12. The van der Waals surface area contributed by atoms with Gasteiger partial charge in [-0.05, 0) is 17.5 Å². The lowest BCUT2D eigenvalue weighted by molar-refractivity contribution is 0.456. The summed E-state index contributed by atoms with van der Waals surface area (Å²) in [6.45, 7) is 4.32. The fourth-order valence-electron chi connectivity index (χ4n) is 1.16. The number of rotatable bonds is 3. The van der Waals surface area contributed by atoms with Crippen molar-refractivity contribution in [3.8, 4) is 0 Å². The zero-order valence-electron chi connectivity index (χ0n) is 8.10. The van der Waals surface area contributed by atoms with Crippen LogP contribution in [0.1, 0.15) is 31.9 Å². The van der Waals surface area contributed by atoms with Crippen LogP contribution in [0.3, 0.4) is 0 Å². The Hall–Kier alpha value is -0.600. The van der Waals surface area contributed by atoms with E-state index in [9.17, 15) is 0 Å². The Bertz CT molecular complexity index is 226. The molecule has 0 saturated carbocycles. The van der Waals surface area contributed by atoms with E-state index in [1.165, 1.54) is 0 Å². The van der Waals surface area contributed by atoms with Gasteiger partial charge in [-0.25, -0.2) is 0 Å². The van der Waals surface area contributed by atoms with Gasteiger partial charge in [-0.2, -0.15) is 0 Å². The summed E-state index contributed by atoms with van der Waals surface area (Å²) in [6, 6.07) is 4.09. The molecule has 0 aliphatic heterocycles. The monoisotopic (exact) mass is 200 g/mol. The lowest BCUT2D eigenvalue weighted by Crippen LogP contribution is -2.18. The summed E-state index contributed by atoms with van der Waals surface area (Å²) in [5.74, 6) is 0.522. The molecule has 0 saturated heterocycles. The summed E-state index contributed by atoms with van der Waals surface area (Å²) in [4.78, 5) is 4.04. The minimum atomic E-state index is 0. The van der Waals surface area contributed by atoms with Crippen molar-refractivity contribution in [2.24, 2.45) is 11.7 Å². The second kappa shape index (κ2) is 5.95. The Labute approximate surface area is 86.0 Å². The Kier molecular flexibility index (Phi) is 5.67. The number of hydrogen-bond donors (Lipinski definition) is 1. The summed E-state index contributed by atoms with van der Waals surface area (Å²) in [7, 11) is 0. The van der Waals surface area contributed by atoms with E-state index in [4.69, 9.17) is 5.73 Å². The molecule has 2 N–H and O–H groups in total. The third-order valence-electron chi connectivity index (χ3n) is 2.33. The molecule has 0 amide bonds. The van der Waals surface area contributed by atoms with Crippen LogP contribution in [0.15, 0.2) is 24.5 Å². The molecule has 3 heteroatoms. The Balaban J connectivity index is 0.00000144. The first kappa shape index (κ1) is 12.4. The van der Waals surface area contributed by atoms with Gasteiger partial charge in [0.2, 0.25) is 0 Å². The van der Waals surface area contributed by atoms with Gasteiger partial charge in [0, 0.05) is 18.4 Å². The molecule has 0 bridgehead atoms. The second-order valence-electron chi connectivity index (χ2n) is 3.20. The van der Waals surface area contributed by atoms with Crippen molar-refractivity contribution in [2.45, 2.75) is 26.3 Å². The fraction of sp³-hybridized carbons (Fsp3) is 0.500. The van der Waals surface area contributed by atoms with Gasteiger partial charge in [0.1, 0.15) is 0 Å². The van der Waals surface area contributed by atoms with Gasteiger partial charge in [-0.1, -0.05) is 26.3 Å². The summed E-state index contributed by atoms with van der Waals surface area (Å²) in [5.41, 5.74) is 7.14. The molecule has 0 aromatic carbocycles. The highest BCUT2D eigenvalue weighted by atomic mass is 35.5. The van der Waals surface area contributed by atoms with Crippen LogP contribution in [0.2, 0.25) is 0 Å². The van der Waals surface area contributed by atoms with E-state index in [0.29, 0.717) is 5.92 Å². The number of nitrogens with two attached hydrogens (primary N) is 1. The first-order valence-electron chi connectivity index (χ1n) is 4.41. The van der Waals surface area contributed by atoms with Crippen molar-refractivity contribution in [3.63, 3.8) is 0 Å². The Morgan fingerprint density at radius 2 is 2.23 bits per heavy atom. The van der Waals surface area contributed by atoms with Crippen LogP contribution in [0, 0.1) is 5.92 Å². The molecule has 1 rings (SSSR count). The molecule has 0 radical (unpaired) electrons. The highest BCUT2D eigenvalue weighted by Crippen LogP contribution is 2.20. The van der Waals surface area contributed by atoms with Gasteiger partial charge in [-0.3, -0.25) is 4.98 Å². The normalized spacial score (nSPS) is 14.4. The molecule has 74 valence electrons. The molecule has 1 unspecified atom stereocenters. The summed E-state index contributed by atoms with van der Waals surface area (Å²) < 4.78 is 0. The Morgan fingerprint density at radius 3 is 2.69 bits per heavy atom. The topological polar surface area (TPSA) is 38.9 Å². The van der Waals surface area contributed by atoms with Crippen LogP contribution in [0.25, 0.3) is 0 Å². The predicted molar refractivity (Wildman–Crippen MR) is 57.9 cm³/mol. The number of aromatic nitrogens is 1. The van der Waals surface area contributed by atoms with Crippen LogP contribution < -0.4 is 5.73 Å². The molecule has 0 aliphatic rings. The fourth-order valence-corrected chi connectivity index (χ4v) is 1.16. The lowest BCUT2D eigenvalue weighted by atomic mass is 9.95. The average Bonchev–Trinajstić information content (AvgIpc) is 2.17. The number of hydrogen-bond acceptors (Lipinski definition) is 2. The smallest absolute Gasteiger partial charge is 0.0336 e. The molecule has 2 atom stereocenters. The molecule has 0 aliphatic carbocycles. The van der Waals surface area contributed by atoms with E-state index >= 15 is 0 Å². The maximum Gasteiger partial charge on any atom is 0.0336 e. The molecule has 1 heterocycles. The average molecular weight is 201 g/mol. The zero-order chi connectivity index (χ0) is 8.97. The second-order valence-corrected chi connectivity index (χ2v) is 3.20. The highest BCUT2D eigenvalue weighted by molar-refractivity contribution is 5.85. The van der Waals surface area contributed by atoms with Gasteiger partial charge in [-0.15, -0.1) is 12.4 Å². The first-order chi connectivity index (χ1) is 5.75. The molecule has 0 fully saturated rings. The summed E-state index contributed by atoms with van der Waals surface area (Å²) in [5, 5.41) is 0. The Morgan fingerprint density at radius 1 is 1.54 bits per heavy atom. The van der Waals surface area contributed by atoms with Crippen molar-refractivity contribution < 1.29 is 0 Å². The minimum Gasteiger partial charge on any atom is -0.324 e. The molecular formula is C10H17ClN2. The molecule has 1 aromatic heterocycles. The minimum absolute atomic E-state index is 0. The quantitative estimate of drug-likeness (QED) is 0.815. The molecule has 0 spiro atoms.